The summed E-state index contributed by atoms with van der Waals surface area (Å²) in [5.74, 6) is 0.319. The van der Waals surface area contributed by atoms with Crippen molar-refractivity contribution in [2.45, 2.75) is 40.2 Å². The highest BCUT2D eigenvalue weighted by Crippen LogP contribution is 2.25. The minimum Gasteiger partial charge on any atom is -0.367 e. The summed E-state index contributed by atoms with van der Waals surface area (Å²) in [7, 11) is 0. The number of carbonyl (C=O) groups is 1. The summed E-state index contributed by atoms with van der Waals surface area (Å²) in [4.78, 5) is 26.8. The van der Waals surface area contributed by atoms with Crippen LogP contribution in [0.25, 0.3) is 22.3 Å². The first kappa shape index (κ1) is 20.9. The summed E-state index contributed by atoms with van der Waals surface area (Å²) >= 11 is 3.55. The van der Waals surface area contributed by atoms with Gasteiger partial charge in [-0.15, -0.1) is 5.06 Å². The fraction of sp³-hybridized carbons (Fsp3) is 0.455. The van der Waals surface area contributed by atoms with Gasteiger partial charge in [0.15, 0.2) is 0 Å². The Hall–Kier alpha value is -2.32. The van der Waals surface area contributed by atoms with Crippen LogP contribution in [0.1, 0.15) is 33.6 Å². The van der Waals surface area contributed by atoms with Crippen LogP contribution in [0.2, 0.25) is 0 Å². The number of fused-ring (bicyclic) bond motifs is 1. The number of hydroxylamine groups is 2. The molecule has 7 nitrogen and oxygen atoms in total. The summed E-state index contributed by atoms with van der Waals surface area (Å²) in [5, 5.41) is 6.32. The molecule has 0 aliphatic carbocycles. The Labute approximate surface area is 184 Å². The van der Waals surface area contributed by atoms with Crippen molar-refractivity contribution in [2.75, 3.05) is 13.1 Å². The summed E-state index contributed by atoms with van der Waals surface area (Å²) < 4.78 is 2.91. The van der Waals surface area contributed by atoms with Crippen LogP contribution in [-0.4, -0.2) is 43.9 Å². The van der Waals surface area contributed by atoms with E-state index in [-0.39, 0.29) is 5.97 Å². The van der Waals surface area contributed by atoms with Crippen LogP contribution in [0, 0.1) is 11.3 Å². The third-order valence-electron chi connectivity index (χ3n) is 5.30. The van der Waals surface area contributed by atoms with E-state index < -0.39 is 5.41 Å². The van der Waals surface area contributed by atoms with Crippen molar-refractivity contribution in [1.29, 1.82) is 0 Å². The molecule has 0 radical (unpaired) electrons. The molecule has 1 aliphatic heterocycles. The molecule has 0 N–H and O–H groups in total. The van der Waals surface area contributed by atoms with Crippen LogP contribution in [-0.2, 0) is 16.2 Å². The minimum atomic E-state index is -0.483. The third kappa shape index (κ3) is 4.70. The van der Waals surface area contributed by atoms with Gasteiger partial charge in [-0.25, -0.2) is 9.78 Å². The van der Waals surface area contributed by atoms with E-state index in [1.165, 1.54) is 0 Å². The molecule has 4 rings (SSSR count). The number of aromatic nitrogens is 4. The molecule has 1 aromatic carbocycles. The molecule has 0 spiro atoms. The monoisotopic (exact) mass is 471 g/mol. The zero-order valence-electron chi connectivity index (χ0n) is 17.5. The smallest absolute Gasteiger partial charge is 0.330 e. The first-order chi connectivity index (χ1) is 14.3. The van der Waals surface area contributed by atoms with E-state index in [2.05, 4.69) is 26.0 Å². The summed E-state index contributed by atoms with van der Waals surface area (Å²) in [6, 6.07) is 5.87. The molecule has 0 saturated carbocycles. The molecule has 0 atom stereocenters. The molecule has 1 fully saturated rings. The molecule has 1 aliphatic rings. The summed E-state index contributed by atoms with van der Waals surface area (Å²) in [6.45, 7) is 7.96. The van der Waals surface area contributed by atoms with E-state index in [0.717, 1.165) is 59.2 Å². The zero-order chi connectivity index (χ0) is 21.3. The Balaban J connectivity index is 1.37. The molecule has 3 heterocycles. The number of para-hydroxylation sites is 1. The quantitative estimate of drug-likeness (QED) is 0.558. The molecule has 3 aromatic rings. The molecule has 1 saturated heterocycles. The van der Waals surface area contributed by atoms with Crippen LogP contribution >= 0.6 is 15.9 Å². The average Bonchev–Trinajstić information content (AvgIpc) is 3.17. The van der Waals surface area contributed by atoms with Crippen LogP contribution in [0.3, 0.4) is 0 Å². The highest BCUT2D eigenvalue weighted by Gasteiger charge is 2.28. The van der Waals surface area contributed by atoms with Gasteiger partial charge in [-0.05, 0) is 67.6 Å². The second-order valence-corrected chi connectivity index (χ2v) is 9.67. The van der Waals surface area contributed by atoms with Gasteiger partial charge in [0.05, 0.1) is 29.0 Å². The molecular formula is C22H26BrN5O2. The SMILES string of the molecule is CC(C)(C)C(=O)ON1CCC(Cn2cc(-c3cnc4cccc(Br)c4n3)cn2)CC1. The molecule has 0 unspecified atom stereocenters. The van der Waals surface area contributed by atoms with E-state index in [1.807, 2.05) is 56.0 Å². The topological polar surface area (TPSA) is 73.1 Å². The second-order valence-electron chi connectivity index (χ2n) is 8.82. The van der Waals surface area contributed by atoms with Crippen molar-refractivity contribution in [3.05, 3.63) is 41.3 Å². The van der Waals surface area contributed by atoms with Gasteiger partial charge in [0.1, 0.15) is 5.52 Å². The van der Waals surface area contributed by atoms with Gasteiger partial charge in [0.25, 0.3) is 0 Å². The largest absolute Gasteiger partial charge is 0.367 e. The highest BCUT2D eigenvalue weighted by atomic mass is 79.9. The maximum absolute atomic E-state index is 12.1. The van der Waals surface area contributed by atoms with E-state index in [4.69, 9.17) is 9.82 Å². The van der Waals surface area contributed by atoms with E-state index in [0.29, 0.717) is 5.92 Å². The number of rotatable bonds is 4. The zero-order valence-corrected chi connectivity index (χ0v) is 19.1. The Kier molecular flexibility index (Phi) is 5.88. The number of carbonyl (C=O) groups excluding carboxylic acids is 1. The van der Waals surface area contributed by atoms with Crippen LogP contribution in [0.5, 0.6) is 0 Å². The van der Waals surface area contributed by atoms with Crippen molar-refractivity contribution < 1.29 is 9.63 Å². The molecule has 158 valence electrons. The van der Waals surface area contributed by atoms with E-state index >= 15 is 0 Å². The molecule has 0 amide bonds. The lowest BCUT2D eigenvalue weighted by Gasteiger charge is -2.32. The summed E-state index contributed by atoms with van der Waals surface area (Å²) in [6.07, 6.45) is 7.59. The summed E-state index contributed by atoms with van der Waals surface area (Å²) in [5.41, 5.74) is 2.99. The molecular weight excluding hydrogens is 446 g/mol. The number of hydrogen-bond acceptors (Lipinski definition) is 6. The lowest BCUT2D eigenvalue weighted by molar-refractivity contribution is -0.206. The Morgan fingerprint density at radius 3 is 2.73 bits per heavy atom. The van der Waals surface area contributed by atoms with Gasteiger partial charge in [-0.3, -0.25) is 9.67 Å². The number of benzene rings is 1. The number of hydrogen-bond donors (Lipinski definition) is 0. The minimum absolute atomic E-state index is 0.180. The predicted octanol–water partition coefficient (Wildman–Crippen LogP) is 4.47. The Morgan fingerprint density at radius 2 is 2.00 bits per heavy atom. The van der Waals surface area contributed by atoms with Crippen molar-refractivity contribution in [1.82, 2.24) is 24.8 Å². The van der Waals surface area contributed by atoms with Crippen LogP contribution < -0.4 is 0 Å². The van der Waals surface area contributed by atoms with Crippen molar-refractivity contribution in [3.63, 3.8) is 0 Å². The molecule has 8 heteroatoms. The van der Waals surface area contributed by atoms with Gasteiger partial charge in [0, 0.05) is 35.9 Å². The maximum atomic E-state index is 12.1. The molecule has 2 aromatic heterocycles. The predicted molar refractivity (Wildman–Crippen MR) is 118 cm³/mol. The van der Waals surface area contributed by atoms with Crippen molar-refractivity contribution in [3.8, 4) is 11.3 Å². The lowest BCUT2D eigenvalue weighted by Crippen LogP contribution is -2.39. The first-order valence-electron chi connectivity index (χ1n) is 10.2. The van der Waals surface area contributed by atoms with Gasteiger partial charge in [0.2, 0.25) is 0 Å². The van der Waals surface area contributed by atoms with Crippen LogP contribution in [0.15, 0.2) is 41.3 Å². The van der Waals surface area contributed by atoms with E-state index in [9.17, 15) is 4.79 Å². The Morgan fingerprint density at radius 1 is 1.23 bits per heavy atom. The molecule has 0 bridgehead atoms. The fourth-order valence-electron chi connectivity index (χ4n) is 3.44. The van der Waals surface area contributed by atoms with Gasteiger partial charge in [-0.1, -0.05) is 6.07 Å². The molecule has 30 heavy (non-hydrogen) atoms. The van der Waals surface area contributed by atoms with Crippen molar-refractivity contribution in [2.24, 2.45) is 11.3 Å². The van der Waals surface area contributed by atoms with Gasteiger partial charge < -0.3 is 4.84 Å². The number of nitrogens with zero attached hydrogens (tertiary/aromatic N) is 5. The van der Waals surface area contributed by atoms with Gasteiger partial charge >= 0.3 is 5.97 Å². The van der Waals surface area contributed by atoms with Crippen LogP contribution in [0.4, 0.5) is 0 Å². The number of piperidine rings is 1. The van der Waals surface area contributed by atoms with E-state index in [1.54, 1.807) is 11.3 Å². The van der Waals surface area contributed by atoms with Crippen molar-refractivity contribution >= 4 is 32.9 Å². The number of halogens is 1. The van der Waals surface area contributed by atoms with Gasteiger partial charge in [-0.2, -0.15) is 5.10 Å². The second kappa shape index (κ2) is 8.43. The standard InChI is InChI=1S/C22H26BrN5O2/c1-22(2,3)21(29)30-28-9-7-15(8-10-28)13-27-14-16(11-25-27)19-12-24-18-6-4-5-17(23)20(18)26-19/h4-6,11-12,14-15H,7-10,13H2,1-3H3. The Bertz CT molecular complexity index is 1050. The average molecular weight is 472 g/mol. The first-order valence-corrected chi connectivity index (χ1v) is 11.0. The third-order valence-corrected chi connectivity index (χ3v) is 5.94. The lowest BCUT2D eigenvalue weighted by atomic mass is 9.97. The maximum Gasteiger partial charge on any atom is 0.330 e. The highest BCUT2D eigenvalue weighted by molar-refractivity contribution is 9.10. The normalized spacial score (nSPS) is 16.1. The fourth-order valence-corrected chi connectivity index (χ4v) is 3.88.